The van der Waals surface area contributed by atoms with Crippen LogP contribution in [0.5, 0.6) is 0 Å². The summed E-state index contributed by atoms with van der Waals surface area (Å²) in [6.07, 6.45) is -11.2. The van der Waals surface area contributed by atoms with E-state index in [-0.39, 0.29) is 6.07 Å². The number of hydrogen-bond acceptors (Lipinski definition) is 3. The van der Waals surface area contributed by atoms with Crippen molar-refractivity contribution >= 4 is 5.91 Å². The fourth-order valence-electron chi connectivity index (χ4n) is 1.83. The van der Waals surface area contributed by atoms with E-state index in [0.717, 1.165) is 6.08 Å². The molecule has 0 saturated heterocycles. The smallest absolute Gasteiger partial charge is 0.387 e. The number of halogens is 6. The summed E-state index contributed by atoms with van der Waals surface area (Å²) < 4.78 is 76.4. The Morgan fingerprint density at radius 2 is 1.57 bits per heavy atom. The van der Waals surface area contributed by atoms with Gasteiger partial charge in [-0.3, -0.25) is 10.2 Å². The number of hydrazine groups is 1. The molecule has 1 aromatic carbocycles. The standard InChI is InChI=1S/C13H12F6N2O2/c1-2-9(11(23)21-20)10(22)6-3-7(12(14,15)16)5-8(4-6)13(17,18)19/h2-5,9-10,22H,1,20H2,(H,21,23)/t9-,10+/m0/s1. The molecule has 0 unspecified atom stereocenters. The van der Waals surface area contributed by atoms with Gasteiger partial charge in [0.1, 0.15) is 0 Å². The van der Waals surface area contributed by atoms with Crippen LogP contribution in [0.2, 0.25) is 0 Å². The number of nitrogens with two attached hydrogens (primary N) is 1. The van der Waals surface area contributed by atoms with Crippen LogP contribution in [0.25, 0.3) is 0 Å². The lowest BCUT2D eigenvalue weighted by atomic mass is 9.92. The van der Waals surface area contributed by atoms with Gasteiger partial charge in [-0.05, 0) is 23.8 Å². The molecule has 4 N–H and O–H groups in total. The number of rotatable bonds is 4. The van der Waals surface area contributed by atoms with Crippen molar-refractivity contribution in [1.82, 2.24) is 5.43 Å². The maximum Gasteiger partial charge on any atom is 0.416 e. The summed E-state index contributed by atoms with van der Waals surface area (Å²) in [6.45, 7) is 3.20. The van der Waals surface area contributed by atoms with Crippen LogP contribution < -0.4 is 11.3 Å². The lowest BCUT2D eigenvalue weighted by molar-refractivity contribution is -0.143. The van der Waals surface area contributed by atoms with Gasteiger partial charge >= 0.3 is 12.4 Å². The number of aliphatic hydroxyl groups excluding tert-OH is 1. The summed E-state index contributed by atoms with van der Waals surface area (Å²) >= 11 is 0. The Labute approximate surface area is 126 Å². The van der Waals surface area contributed by atoms with Gasteiger partial charge in [-0.15, -0.1) is 6.58 Å². The molecule has 1 rings (SSSR count). The highest BCUT2D eigenvalue weighted by molar-refractivity contribution is 5.80. The first kappa shape index (κ1) is 19.0. The first-order valence-corrected chi connectivity index (χ1v) is 6.02. The van der Waals surface area contributed by atoms with Crippen LogP contribution in [0.15, 0.2) is 30.9 Å². The van der Waals surface area contributed by atoms with Gasteiger partial charge in [0.2, 0.25) is 5.91 Å². The van der Waals surface area contributed by atoms with Gasteiger partial charge in [0.05, 0.1) is 23.1 Å². The van der Waals surface area contributed by atoms with Gasteiger partial charge in [-0.1, -0.05) is 6.08 Å². The lowest BCUT2D eigenvalue weighted by Crippen LogP contribution is -2.37. The molecule has 10 heteroatoms. The molecule has 0 aliphatic carbocycles. The third-order valence-corrected chi connectivity index (χ3v) is 2.99. The second-order valence-corrected chi connectivity index (χ2v) is 4.55. The molecule has 23 heavy (non-hydrogen) atoms. The van der Waals surface area contributed by atoms with Gasteiger partial charge < -0.3 is 5.11 Å². The minimum absolute atomic E-state index is 0.0812. The average Bonchev–Trinajstić information content (AvgIpc) is 2.45. The highest BCUT2D eigenvalue weighted by atomic mass is 19.4. The molecule has 0 spiro atoms. The van der Waals surface area contributed by atoms with Crippen LogP contribution in [0.3, 0.4) is 0 Å². The molecule has 1 aromatic rings. The fraction of sp³-hybridized carbons (Fsp3) is 0.308. The van der Waals surface area contributed by atoms with E-state index in [4.69, 9.17) is 5.84 Å². The SMILES string of the molecule is C=C[C@H](C(=O)NN)[C@H](O)c1cc(C(F)(F)F)cc(C(F)(F)F)c1. The van der Waals surface area contributed by atoms with Gasteiger partial charge in [-0.2, -0.15) is 26.3 Å². The van der Waals surface area contributed by atoms with Crippen molar-refractivity contribution in [2.75, 3.05) is 0 Å². The van der Waals surface area contributed by atoms with Crippen molar-refractivity contribution in [2.24, 2.45) is 11.8 Å². The quantitative estimate of drug-likeness (QED) is 0.259. The van der Waals surface area contributed by atoms with Gasteiger partial charge in [0.15, 0.2) is 0 Å². The van der Waals surface area contributed by atoms with Crippen LogP contribution in [0.1, 0.15) is 22.8 Å². The first-order valence-electron chi connectivity index (χ1n) is 6.02. The third kappa shape index (κ3) is 4.45. The highest BCUT2D eigenvalue weighted by Gasteiger charge is 2.38. The molecule has 0 aromatic heterocycles. The van der Waals surface area contributed by atoms with Crippen molar-refractivity contribution in [3.63, 3.8) is 0 Å². The van der Waals surface area contributed by atoms with Gasteiger partial charge in [0, 0.05) is 0 Å². The molecule has 0 aliphatic rings. The maximum absolute atomic E-state index is 12.7. The van der Waals surface area contributed by atoms with Crippen LogP contribution in [-0.4, -0.2) is 11.0 Å². The zero-order chi connectivity index (χ0) is 18.0. The molecular formula is C13H12F6N2O2. The third-order valence-electron chi connectivity index (χ3n) is 2.99. The van der Waals surface area contributed by atoms with Crippen molar-refractivity contribution in [3.05, 3.63) is 47.5 Å². The van der Waals surface area contributed by atoms with E-state index in [9.17, 15) is 36.2 Å². The predicted molar refractivity (Wildman–Crippen MR) is 67.4 cm³/mol. The molecule has 4 nitrogen and oxygen atoms in total. The highest BCUT2D eigenvalue weighted by Crippen LogP contribution is 2.38. The minimum atomic E-state index is -5.06. The molecule has 2 atom stereocenters. The number of carbonyl (C=O) groups is 1. The second kappa shape index (κ2) is 6.59. The Kier molecular flexibility index (Phi) is 5.43. The molecule has 0 bridgehead atoms. The van der Waals surface area contributed by atoms with Gasteiger partial charge in [-0.25, -0.2) is 5.84 Å². The number of alkyl halides is 6. The minimum Gasteiger partial charge on any atom is -0.387 e. The van der Waals surface area contributed by atoms with Crippen LogP contribution in [0, 0.1) is 5.92 Å². The van der Waals surface area contributed by atoms with E-state index >= 15 is 0 Å². The Balaban J connectivity index is 3.45. The molecule has 0 fully saturated rings. The van der Waals surface area contributed by atoms with E-state index in [1.54, 1.807) is 5.43 Å². The van der Waals surface area contributed by atoms with Crippen molar-refractivity contribution < 1.29 is 36.2 Å². The molecular weight excluding hydrogens is 330 g/mol. The number of aliphatic hydroxyl groups is 1. The van der Waals surface area contributed by atoms with E-state index in [1.807, 2.05) is 0 Å². The van der Waals surface area contributed by atoms with E-state index in [1.165, 1.54) is 0 Å². The molecule has 0 saturated carbocycles. The van der Waals surface area contributed by atoms with Crippen LogP contribution in [-0.2, 0) is 17.1 Å². The molecule has 128 valence electrons. The summed E-state index contributed by atoms with van der Waals surface area (Å²) in [7, 11) is 0. The molecule has 0 radical (unpaired) electrons. The Hall–Kier alpha value is -2.07. The summed E-state index contributed by atoms with van der Waals surface area (Å²) in [5.74, 6) is 2.31. The second-order valence-electron chi connectivity index (χ2n) is 4.55. The van der Waals surface area contributed by atoms with Crippen LogP contribution >= 0.6 is 0 Å². The Bertz CT molecular complexity index is 565. The summed E-state index contributed by atoms with van der Waals surface area (Å²) in [6, 6.07) is 0.586. The summed E-state index contributed by atoms with van der Waals surface area (Å²) in [5, 5.41) is 9.94. The maximum atomic E-state index is 12.7. The number of hydrogen-bond donors (Lipinski definition) is 3. The number of carbonyl (C=O) groups excluding carboxylic acids is 1. The molecule has 0 heterocycles. The summed E-state index contributed by atoms with van der Waals surface area (Å²) in [4.78, 5) is 11.4. The average molecular weight is 342 g/mol. The van der Waals surface area contributed by atoms with Crippen molar-refractivity contribution in [1.29, 1.82) is 0 Å². The lowest BCUT2D eigenvalue weighted by Gasteiger charge is -2.21. The Morgan fingerprint density at radius 3 is 1.87 bits per heavy atom. The normalized spacial score (nSPS) is 15.0. The zero-order valence-electron chi connectivity index (χ0n) is 11.4. The number of benzene rings is 1. The first-order chi connectivity index (χ1) is 10.4. The Morgan fingerprint density at radius 1 is 1.13 bits per heavy atom. The zero-order valence-corrected chi connectivity index (χ0v) is 11.4. The summed E-state index contributed by atoms with van der Waals surface area (Å²) in [5.41, 5.74) is -2.29. The topological polar surface area (TPSA) is 75.4 Å². The monoisotopic (exact) mass is 342 g/mol. The molecule has 1 amide bonds. The van der Waals surface area contributed by atoms with Crippen molar-refractivity contribution in [2.45, 2.75) is 18.5 Å². The van der Waals surface area contributed by atoms with Crippen LogP contribution in [0.4, 0.5) is 26.3 Å². The fourth-order valence-corrected chi connectivity index (χ4v) is 1.83. The van der Waals surface area contributed by atoms with E-state index in [2.05, 4.69) is 6.58 Å². The van der Waals surface area contributed by atoms with Gasteiger partial charge in [0.25, 0.3) is 0 Å². The molecule has 0 aliphatic heterocycles. The van der Waals surface area contributed by atoms with E-state index < -0.39 is 47.0 Å². The number of amides is 1. The van der Waals surface area contributed by atoms with Crippen molar-refractivity contribution in [3.8, 4) is 0 Å². The number of nitrogens with one attached hydrogen (secondary N) is 1. The predicted octanol–water partition coefficient (Wildman–Crippen LogP) is 2.55. The van der Waals surface area contributed by atoms with E-state index in [0.29, 0.717) is 12.1 Å². The largest absolute Gasteiger partial charge is 0.416 e.